The molecule has 0 amide bonds. The van der Waals surface area contributed by atoms with E-state index in [0.29, 0.717) is 0 Å². The van der Waals surface area contributed by atoms with E-state index in [1.807, 2.05) is 6.07 Å². The molecule has 90 valence electrons. The van der Waals surface area contributed by atoms with Crippen LogP contribution in [0.25, 0.3) is 11.4 Å². The Hall–Kier alpha value is -2.42. The van der Waals surface area contributed by atoms with Gasteiger partial charge in [-0.1, -0.05) is 12.1 Å². The molecule has 0 aliphatic heterocycles. The van der Waals surface area contributed by atoms with Gasteiger partial charge in [0.2, 0.25) is 0 Å². The molecule has 0 aliphatic carbocycles. The lowest BCUT2D eigenvalue weighted by molar-refractivity contribution is -0.141. The number of hydrogen-bond donors (Lipinski definition) is 0. The van der Waals surface area contributed by atoms with E-state index in [0.717, 1.165) is 12.3 Å². The normalized spacial score (nSPS) is 11.0. The highest BCUT2D eigenvalue weighted by atomic mass is 19.4. The minimum absolute atomic E-state index is 0.109. The average Bonchev–Trinajstić information content (AvgIpc) is 2.38. The van der Waals surface area contributed by atoms with Gasteiger partial charge in [0, 0.05) is 11.8 Å². The van der Waals surface area contributed by atoms with E-state index in [2.05, 4.69) is 9.97 Å². The standard InChI is InChI=1S/C12H6F3N3/c13-12(14,15)10-5-6-17-11(18-10)9-4-2-1-3-8(9)7-16/h1-6H. The molecule has 0 spiro atoms. The van der Waals surface area contributed by atoms with Crippen molar-refractivity contribution in [2.75, 3.05) is 0 Å². The second-order valence-corrected chi connectivity index (χ2v) is 3.42. The molecule has 0 saturated heterocycles. The maximum atomic E-state index is 12.5. The van der Waals surface area contributed by atoms with Gasteiger partial charge in [-0.05, 0) is 18.2 Å². The van der Waals surface area contributed by atoms with Crippen molar-refractivity contribution >= 4 is 0 Å². The van der Waals surface area contributed by atoms with Gasteiger partial charge in [0.05, 0.1) is 11.6 Å². The fourth-order valence-electron chi connectivity index (χ4n) is 1.42. The van der Waals surface area contributed by atoms with E-state index in [9.17, 15) is 13.2 Å². The number of hydrogen-bond acceptors (Lipinski definition) is 3. The number of nitriles is 1. The van der Waals surface area contributed by atoms with Crippen LogP contribution >= 0.6 is 0 Å². The monoisotopic (exact) mass is 249 g/mol. The summed E-state index contributed by atoms with van der Waals surface area (Å²) in [4.78, 5) is 7.21. The van der Waals surface area contributed by atoms with Gasteiger partial charge in [0.1, 0.15) is 5.69 Å². The van der Waals surface area contributed by atoms with Crippen molar-refractivity contribution in [3.8, 4) is 17.5 Å². The molecule has 0 aliphatic rings. The Morgan fingerprint density at radius 1 is 1.11 bits per heavy atom. The van der Waals surface area contributed by atoms with Crippen LogP contribution in [0.2, 0.25) is 0 Å². The fraction of sp³-hybridized carbons (Fsp3) is 0.0833. The number of alkyl halides is 3. The number of aromatic nitrogens is 2. The van der Waals surface area contributed by atoms with Crippen LogP contribution in [0.15, 0.2) is 36.5 Å². The van der Waals surface area contributed by atoms with Crippen molar-refractivity contribution in [2.24, 2.45) is 0 Å². The van der Waals surface area contributed by atoms with Crippen LogP contribution in [0.1, 0.15) is 11.3 Å². The van der Waals surface area contributed by atoms with Crippen LogP contribution < -0.4 is 0 Å². The van der Waals surface area contributed by atoms with Crippen LogP contribution in [-0.4, -0.2) is 9.97 Å². The van der Waals surface area contributed by atoms with Gasteiger partial charge < -0.3 is 0 Å². The zero-order valence-electron chi connectivity index (χ0n) is 8.94. The van der Waals surface area contributed by atoms with E-state index in [-0.39, 0.29) is 17.0 Å². The Bertz CT molecular complexity index is 614. The van der Waals surface area contributed by atoms with Crippen LogP contribution in [0.3, 0.4) is 0 Å². The third-order valence-electron chi connectivity index (χ3n) is 2.23. The fourth-order valence-corrected chi connectivity index (χ4v) is 1.42. The van der Waals surface area contributed by atoms with E-state index in [1.54, 1.807) is 12.1 Å². The van der Waals surface area contributed by atoms with E-state index in [4.69, 9.17) is 5.26 Å². The third kappa shape index (κ3) is 2.30. The first kappa shape index (κ1) is 12.0. The Balaban J connectivity index is 2.56. The molecule has 0 saturated carbocycles. The smallest absolute Gasteiger partial charge is 0.237 e. The van der Waals surface area contributed by atoms with Gasteiger partial charge in [-0.3, -0.25) is 0 Å². The SMILES string of the molecule is N#Cc1ccccc1-c1nccc(C(F)(F)F)n1. The molecule has 3 nitrogen and oxygen atoms in total. The number of nitrogens with zero attached hydrogens (tertiary/aromatic N) is 3. The zero-order valence-corrected chi connectivity index (χ0v) is 8.94. The lowest BCUT2D eigenvalue weighted by Gasteiger charge is -2.07. The zero-order chi connectivity index (χ0) is 13.2. The molecule has 0 bridgehead atoms. The summed E-state index contributed by atoms with van der Waals surface area (Å²) < 4.78 is 37.5. The molecular formula is C12H6F3N3. The minimum atomic E-state index is -4.53. The molecule has 6 heteroatoms. The molecule has 1 aromatic heterocycles. The average molecular weight is 249 g/mol. The lowest BCUT2D eigenvalue weighted by atomic mass is 10.1. The van der Waals surface area contributed by atoms with Gasteiger partial charge in [0.15, 0.2) is 5.82 Å². The van der Waals surface area contributed by atoms with Crippen molar-refractivity contribution < 1.29 is 13.2 Å². The molecule has 0 radical (unpaired) electrons. The topological polar surface area (TPSA) is 49.6 Å². The predicted molar refractivity (Wildman–Crippen MR) is 57.2 cm³/mol. The van der Waals surface area contributed by atoms with Gasteiger partial charge in [-0.25, -0.2) is 9.97 Å². The summed E-state index contributed by atoms with van der Waals surface area (Å²) >= 11 is 0. The second-order valence-electron chi connectivity index (χ2n) is 3.42. The summed E-state index contributed by atoms with van der Waals surface area (Å²) in [6.45, 7) is 0. The van der Waals surface area contributed by atoms with Crippen molar-refractivity contribution in [3.05, 3.63) is 47.8 Å². The maximum absolute atomic E-state index is 12.5. The molecule has 0 fully saturated rings. The summed E-state index contributed by atoms with van der Waals surface area (Å²) in [6.07, 6.45) is -3.50. The van der Waals surface area contributed by atoms with Crippen molar-refractivity contribution in [3.63, 3.8) is 0 Å². The highest BCUT2D eigenvalue weighted by molar-refractivity contribution is 5.64. The molecule has 0 atom stereocenters. The second kappa shape index (κ2) is 4.45. The van der Waals surface area contributed by atoms with Crippen molar-refractivity contribution in [2.45, 2.75) is 6.18 Å². The van der Waals surface area contributed by atoms with Crippen LogP contribution in [0.4, 0.5) is 13.2 Å². The van der Waals surface area contributed by atoms with Gasteiger partial charge in [-0.15, -0.1) is 0 Å². The minimum Gasteiger partial charge on any atom is -0.237 e. The molecule has 18 heavy (non-hydrogen) atoms. The molecular weight excluding hydrogens is 243 g/mol. The van der Waals surface area contributed by atoms with E-state index in [1.165, 1.54) is 12.1 Å². The van der Waals surface area contributed by atoms with Crippen molar-refractivity contribution in [1.29, 1.82) is 5.26 Å². The van der Waals surface area contributed by atoms with Gasteiger partial charge in [0.25, 0.3) is 0 Å². The Kier molecular flexibility index (Phi) is 2.98. The number of rotatable bonds is 1. The quantitative estimate of drug-likeness (QED) is 0.780. The summed E-state index contributed by atoms with van der Waals surface area (Å²) in [6, 6.07) is 8.92. The van der Waals surface area contributed by atoms with E-state index < -0.39 is 11.9 Å². The first-order valence-electron chi connectivity index (χ1n) is 4.92. The van der Waals surface area contributed by atoms with Crippen LogP contribution in [-0.2, 0) is 6.18 Å². The highest BCUT2D eigenvalue weighted by Gasteiger charge is 2.32. The lowest BCUT2D eigenvalue weighted by Crippen LogP contribution is -2.09. The summed E-state index contributed by atoms with van der Waals surface area (Å²) in [7, 11) is 0. The molecule has 2 aromatic rings. The summed E-state index contributed by atoms with van der Waals surface area (Å²) in [5.74, 6) is -0.109. The largest absolute Gasteiger partial charge is 0.433 e. The van der Waals surface area contributed by atoms with Gasteiger partial charge >= 0.3 is 6.18 Å². The molecule has 0 unspecified atom stereocenters. The molecule has 1 aromatic carbocycles. The van der Waals surface area contributed by atoms with Crippen molar-refractivity contribution in [1.82, 2.24) is 9.97 Å². The molecule has 1 heterocycles. The molecule has 0 N–H and O–H groups in total. The predicted octanol–water partition coefficient (Wildman–Crippen LogP) is 3.03. The Labute approximate surface area is 101 Å². The summed E-state index contributed by atoms with van der Waals surface area (Å²) in [5, 5.41) is 8.88. The van der Waals surface area contributed by atoms with Crippen LogP contribution in [0.5, 0.6) is 0 Å². The number of benzene rings is 1. The van der Waals surface area contributed by atoms with E-state index >= 15 is 0 Å². The molecule has 2 rings (SSSR count). The third-order valence-corrected chi connectivity index (χ3v) is 2.23. The number of halogens is 3. The maximum Gasteiger partial charge on any atom is 0.433 e. The first-order valence-corrected chi connectivity index (χ1v) is 4.92. The Morgan fingerprint density at radius 2 is 1.83 bits per heavy atom. The Morgan fingerprint density at radius 3 is 2.50 bits per heavy atom. The van der Waals surface area contributed by atoms with Crippen LogP contribution in [0, 0.1) is 11.3 Å². The first-order chi connectivity index (χ1) is 8.52. The summed E-state index contributed by atoms with van der Waals surface area (Å²) in [5.41, 5.74) is -0.511. The van der Waals surface area contributed by atoms with Gasteiger partial charge in [-0.2, -0.15) is 18.4 Å². The highest BCUT2D eigenvalue weighted by Crippen LogP contribution is 2.29.